The van der Waals surface area contributed by atoms with Gasteiger partial charge in [-0.1, -0.05) is 17.7 Å². The van der Waals surface area contributed by atoms with Crippen LogP contribution in [-0.4, -0.2) is 20.1 Å². The molecule has 0 aliphatic rings. The van der Waals surface area contributed by atoms with E-state index in [0.717, 1.165) is 11.1 Å². The number of amides is 1. The number of rotatable bonds is 4. The topological polar surface area (TPSA) is 47.6 Å². The molecule has 0 saturated heterocycles. The summed E-state index contributed by atoms with van der Waals surface area (Å²) in [7, 11) is 3.12. The van der Waals surface area contributed by atoms with Crippen LogP contribution in [0.15, 0.2) is 30.3 Å². The van der Waals surface area contributed by atoms with Crippen LogP contribution in [-0.2, 0) is 0 Å². The fourth-order valence-corrected chi connectivity index (χ4v) is 2.31. The Balaban J connectivity index is 2.35. The Morgan fingerprint density at radius 2 is 1.64 bits per heavy atom. The second kappa shape index (κ2) is 6.71. The second-order valence-electron chi connectivity index (χ2n) is 4.92. The molecule has 2 aromatic rings. The number of benzene rings is 2. The van der Waals surface area contributed by atoms with Crippen LogP contribution in [0.4, 0.5) is 5.69 Å². The molecule has 0 bridgehead atoms. The van der Waals surface area contributed by atoms with Crippen molar-refractivity contribution in [3.05, 3.63) is 52.0 Å². The lowest BCUT2D eigenvalue weighted by Gasteiger charge is -2.13. The maximum Gasteiger partial charge on any atom is 0.255 e. The van der Waals surface area contributed by atoms with E-state index in [1.165, 1.54) is 0 Å². The Morgan fingerprint density at radius 1 is 1.05 bits per heavy atom. The van der Waals surface area contributed by atoms with Gasteiger partial charge in [-0.3, -0.25) is 4.79 Å². The smallest absolute Gasteiger partial charge is 0.255 e. The molecular weight excluding hydrogens is 302 g/mol. The second-order valence-corrected chi connectivity index (χ2v) is 5.36. The van der Waals surface area contributed by atoms with Gasteiger partial charge in [0.1, 0.15) is 11.5 Å². The van der Waals surface area contributed by atoms with Gasteiger partial charge >= 0.3 is 0 Å². The zero-order valence-electron chi connectivity index (χ0n) is 13.0. The van der Waals surface area contributed by atoms with Crippen LogP contribution in [0, 0.1) is 13.8 Å². The molecule has 2 rings (SSSR count). The third-order valence-electron chi connectivity index (χ3n) is 3.46. The lowest BCUT2D eigenvalue weighted by atomic mass is 10.1. The first-order chi connectivity index (χ1) is 10.5. The summed E-state index contributed by atoms with van der Waals surface area (Å²) in [5.74, 6) is 0.960. The van der Waals surface area contributed by atoms with Gasteiger partial charge in [0.25, 0.3) is 5.91 Å². The molecule has 2 aromatic carbocycles. The first-order valence-electron chi connectivity index (χ1n) is 6.76. The van der Waals surface area contributed by atoms with E-state index >= 15 is 0 Å². The predicted molar refractivity (Wildman–Crippen MR) is 88.4 cm³/mol. The maximum atomic E-state index is 12.5. The fraction of sp³-hybridized carbons (Fsp3) is 0.235. The van der Waals surface area contributed by atoms with Crippen LogP contribution in [0.2, 0.25) is 5.02 Å². The zero-order chi connectivity index (χ0) is 16.3. The highest BCUT2D eigenvalue weighted by Crippen LogP contribution is 2.30. The van der Waals surface area contributed by atoms with Gasteiger partial charge in [0.2, 0.25) is 0 Å². The standard InChI is InChI=1S/C17H18ClNO3/c1-10-5-6-13(18)9-14(10)19-17(20)12-7-15(21-3)11(2)16(8-12)22-4/h5-9H,1-4H3,(H,19,20). The third-order valence-corrected chi connectivity index (χ3v) is 3.70. The highest BCUT2D eigenvalue weighted by Gasteiger charge is 2.14. The normalized spacial score (nSPS) is 10.2. The van der Waals surface area contributed by atoms with E-state index in [0.29, 0.717) is 27.8 Å². The molecule has 0 aliphatic carbocycles. The van der Waals surface area contributed by atoms with E-state index in [-0.39, 0.29) is 5.91 Å². The zero-order valence-corrected chi connectivity index (χ0v) is 13.7. The van der Waals surface area contributed by atoms with Gasteiger partial charge in [-0.05, 0) is 43.7 Å². The number of ether oxygens (including phenoxy) is 2. The van der Waals surface area contributed by atoms with Crippen LogP contribution < -0.4 is 14.8 Å². The quantitative estimate of drug-likeness (QED) is 0.917. The Labute approximate surface area is 135 Å². The van der Waals surface area contributed by atoms with Gasteiger partial charge in [-0.25, -0.2) is 0 Å². The van der Waals surface area contributed by atoms with E-state index in [4.69, 9.17) is 21.1 Å². The molecule has 4 nitrogen and oxygen atoms in total. The highest BCUT2D eigenvalue weighted by atomic mass is 35.5. The van der Waals surface area contributed by atoms with Crippen LogP contribution in [0.5, 0.6) is 11.5 Å². The number of halogens is 1. The van der Waals surface area contributed by atoms with E-state index < -0.39 is 0 Å². The van der Waals surface area contributed by atoms with Gasteiger partial charge in [-0.2, -0.15) is 0 Å². The van der Waals surface area contributed by atoms with Crippen molar-refractivity contribution in [3.63, 3.8) is 0 Å². The molecule has 116 valence electrons. The maximum absolute atomic E-state index is 12.5. The third kappa shape index (κ3) is 3.34. The summed E-state index contributed by atoms with van der Waals surface area (Å²) >= 11 is 5.97. The van der Waals surface area contributed by atoms with Crippen molar-refractivity contribution in [2.75, 3.05) is 19.5 Å². The minimum absolute atomic E-state index is 0.248. The monoisotopic (exact) mass is 319 g/mol. The molecule has 0 unspecified atom stereocenters. The summed E-state index contributed by atoms with van der Waals surface area (Å²) in [4.78, 5) is 12.5. The fourth-order valence-electron chi connectivity index (χ4n) is 2.14. The average molecular weight is 320 g/mol. The lowest BCUT2D eigenvalue weighted by Crippen LogP contribution is -2.13. The molecule has 5 heteroatoms. The van der Waals surface area contributed by atoms with E-state index in [2.05, 4.69) is 5.32 Å². The highest BCUT2D eigenvalue weighted by molar-refractivity contribution is 6.31. The minimum Gasteiger partial charge on any atom is -0.496 e. The first-order valence-corrected chi connectivity index (χ1v) is 7.14. The SMILES string of the molecule is COc1cc(C(=O)Nc2cc(Cl)ccc2C)cc(OC)c1C. The van der Waals surface area contributed by atoms with Gasteiger partial charge < -0.3 is 14.8 Å². The van der Waals surface area contributed by atoms with Gasteiger partial charge in [0.05, 0.1) is 14.2 Å². The number of aryl methyl sites for hydroxylation is 1. The Morgan fingerprint density at radius 3 is 2.18 bits per heavy atom. The molecule has 0 fully saturated rings. The van der Waals surface area contributed by atoms with Gasteiger partial charge in [-0.15, -0.1) is 0 Å². The molecule has 0 spiro atoms. The van der Waals surface area contributed by atoms with E-state index in [9.17, 15) is 4.79 Å². The molecule has 0 aromatic heterocycles. The Kier molecular flexibility index (Phi) is 4.93. The van der Waals surface area contributed by atoms with Gasteiger partial charge in [0, 0.05) is 21.8 Å². The molecule has 0 aliphatic heterocycles. The molecular formula is C17H18ClNO3. The molecule has 0 radical (unpaired) electrons. The minimum atomic E-state index is -0.248. The number of hydrogen-bond donors (Lipinski definition) is 1. The van der Waals surface area contributed by atoms with Crippen molar-refractivity contribution in [3.8, 4) is 11.5 Å². The number of carbonyl (C=O) groups is 1. The van der Waals surface area contributed by atoms with Crippen LogP contribution in [0.1, 0.15) is 21.5 Å². The molecule has 22 heavy (non-hydrogen) atoms. The number of carbonyl (C=O) groups excluding carboxylic acids is 1. The number of anilines is 1. The van der Waals surface area contributed by atoms with Crippen molar-refractivity contribution in [1.29, 1.82) is 0 Å². The van der Waals surface area contributed by atoms with Crippen LogP contribution >= 0.6 is 11.6 Å². The van der Waals surface area contributed by atoms with Crippen molar-refractivity contribution in [2.24, 2.45) is 0 Å². The van der Waals surface area contributed by atoms with E-state index in [1.807, 2.05) is 19.9 Å². The van der Waals surface area contributed by atoms with Crippen LogP contribution in [0.25, 0.3) is 0 Å². The molecule has 0 atom stereocenters. The lowest BCUT2D eigenvalue weighted by molar-refractivity contribution is 0.102. The Hall–Kier alpha value is -2.20. The van der Waals surface area contributed by atoms with Crippen LogP contribution in [0.3, 0.4) is 0 Å². The summed E-state index contributed by atoms with van der Waals surface area (Å²) in [6, 6.07) is 8.73. The average Bonchev–Trinajstić information content (AvgIpc) is 2.51. The summed E-state index contributed by atoms with van der Waals surface area (Å²) < 4.78 is 10.6. The number of nitrogens with one attached hydrogen (secondary N) is 1. The number of hydrogen-bond acceptors (Lipinski definition) is 3. The van der Waals surface area contributed by atoms with Crippen molar-refractivity contribution in [2.45, 2.75) is 13.8 Å². The molecule has 0 heterocycles. The summed E-state index contributed by atoms with van der Waals surface area (Å²) in [5.41, 5.74) is 2.92. The molecule has 1 amide bonds. The largest absolute Gasteiger partial charge is 0.496 e. The van der Waals surface area contributed by atoms with Crippen molar-refractivity contribution in [1.82, 2.24) is 0 Å². The van der Waals surface area contributed by atoms with E-state index in [1.54, 1.807) is 38.5 Å². The summed E-state index contributed by atoms with van der Waals surface area (Å²) in [6.45, 7) is 3.78. The molecule has 1 N–H and O–H groups in total. The molecule has 0 saturated carbocycles. The van der Waals surface area contributed by atoms with Gasteiger partial charge in [0.15, 0.2) is 0 Å². The summed E-state index contributed by atoms with van der Waals surface area (Å²) in [6.07, 6.45) is 0. The van der Waals surface area contributed by atoms with Crippen molar-refractivity contribution < 1.29 is 14.3 Å². The van der Waals surface area contributed by atoms with Crippen molar-refractivity contribution >= 4 is 23.2 Å². The number of methoxy groups -OCH3 is 2. The summed E-state index contributed by atoms with van der Waals surface area (Å²) in [5, 5.41) is 3.42. The predicted octanol–water partition coefficient (Wildman–Crippen LogP) is 4.23. The first kappa shape index (κ1) is 16.2. The Bertz CT molecular complexity index is 688.